The van der Waals surface area contributed by atoms with Crippen molar-refractivity contribution in [1.29, 1.82) is 0 Å². The van der Waals surface area contributed by atoms with Crippen LogP contribution in [-0.4, -0.2) is 27.5 Å². The number of carbonyl (C=O) groups is 1. The molecule has 3 aromatic rings. The van der Waals surface area contributed by atoms with Crippen LogP contribution in [0.1, 0.15) is 22.7 Å². The number of halogens is 1. The van der Waals surface area contributed by atoms with Crippen molar-refractivity contribution in [3.63, 3.8) is 0 Å². The zero-order valence-electron chi connectivity index (χ0n) is 13.0. The molecule has 1 aliphatic heterocycles. The highest BCUT2D eigenvalue weighted by atomic mass is 79.9. The number of aliphatic carboxylic acids is 1. The van der Waals surface area contributed by atoms with Crippen LogP contribution >= 0.6 is 15.9 Å². The molecule has 0 amide bonds. The van der Waals surface area contributed by atoms with E-state index in [-0.39, 0.29) is 0 Å². The number of H-pyrrole nitrogens is 1. The van der Waals surface area contributed by atoms with Crippen LogP contribution in [-0.2, 0) is 17.8 Å². The zero-order valence-corrected chi connectivity index (χ0v) is 14.6. The average molecular weight is 385 g/mol. The molecule has 0 spiro atoms. The highest BCUT2D eigenvalue weighted by Crippen LogP contribution is 2.33. The molecule has 0 radical (unpaired) electrons. The molecular formula is C19H17BrN2O2. The summed E-state index contributed by atoms with van der Waals surface area (Å²) in [5.74, 6) is -0.807. The van der Waals surface area contributed by atoms with Crippen LogP contribution in [0.2, 0.25) is 0 Å². The number of rotatable bonds is 3. The molecule has 2 aromatic carbocycles. The van der Waals surface area contributed by atoms with Crippen LogP contribution < -0.4 is 0 Å². The summed E-state index contributed by atoms with van der Waals surface area (Å²) in [6, 6.07) is 13.5. The maximum absolute atomic E-state index is 12.1. The van der Waals surface area contributed by atoms with E-state index in [1.54, 1.807) is 0 Å². The Labute approximate surface area is 148 Å². The van der Waals surface area contributed by atoms with Gasteiger partial charge >= 0.3 is 5.97 Å². The first kappa shape index (κ1) is 15.4. The molecule has 1 aliphatic rings. The van der Waals surface area contributed by atoms with Crippen molar-refractivity contribution in [2.24, 2.45) is 0 Å². The fraction of sp³-hybridized carbons (Fsp3) is 0.211. The minimum Gasteiger partial charge on any atom is -0.480 e. The van der Waals surface area contributed by atoms with Crippen molar-refractivity contribution in [3.05, 3.63) is 69.8 Å². The van der Waals surface area contributed by atoms with E-state index in [2.05, 4.69) is 37.9 Å². The van der Waals surface area contributed by atoms with Crippen LogP contribution in [0.3, 0.4) is 0 Å². The van der Waals surface area contributed by atoms with Crippen molar-refractivity contribution < 1.29 is 9.90 Å². The Morgan fingerprint density at radius 3 is 2.79 bits per heavy atom. The number of hydrogen-bond acceptors (Lipinski definition) is 2. The molecule has 0 bridgehead atoms. The second kappa shape index (κ2) is 6.07. The van der Waals surface area contributed by atoms with Crippen molar-refractivity contribution in [1.82, 2.24) is 9.88 Å². The summed E-state index contributed by atoms with van der Waals surface area (Å²) in [6.45, 7) is 1.41. The zero-order chi connectivity index (χ0) is 16.7. The number of fused-ring (bicyclic) bond motifs is 2. The van der Waals surface area contributed by atoms with E-state index in [4.69, 9.17) is 0 Å². The monoisotopic (exact) mass is 384 g/mol. The normalized spacial score (nSPS) is 16.0. The van der Waals surface area contributed by atoms with Crippen LogP contribution in [0.15, 0.2) is 53.1 Å². The van der Waals surface area contributed by atoms with Gasteiger partial charge < -0.3 is 10.1 Å². The lowest BCUT2D eigenvalue weighted by molar-refractivity contribution is -0.144. The van der Waals surface area contributed by atoms with Gasteiger partial charge in [0.1, 0.15) is 6.04 Å². The van der Waals surface area contributed by atoms with Gasteiger partial charge in [0.25, 0.3) is 0 Å². The third-order valence-corrected chi connectivity index (χ3v) is 5.22. The lowest BCUT2D eigenvalue weighted by Crippen LogP contribution is -2.38. The number of carboxylic acids is 1. The van der Waals surface area contributed by atoms with Crippen LogP contribution in [0, 0.1) is 0 Å². The summed E-state index contributed by atoms with van der Waals surface area (Å²) < 4.78 is 0.974. The molecule has 2 N–H and O–H groups in total. The first-order valence-corrected chi connectivity index (χ1v) is 8.73. The van der Waals surface area contributed by atoms with Crippen molar-refractivity contribution in [2.75, 3.05) is 6.54 Å². The van der Waals surface area contributed by atoms with Crippen molar-refractivity contribution >= 4 is 32.8 Å². The predicted molar refractivity (Wildman–Crippen MR) is 96.9 cm³/mol. The van der Waals surface area contributed by atoms with E-state index in [9.17, 15) is 9.90 Å². The van der Waals surface area contributed by atoms with Gasteiger partial charge in [-0.05, 0) is 29.7 Å². The lowest BCUT2D eigenvalue weighted by Gasteiger charge is -2.33. The summed E-state index contributed by atoms with van der Waals surface area (Å²) in [6.07, 6.45) is 2.71. The third-order valence-electron chi connectivity index (χ3n) is 4.73. The molecule has 122 valence electrons. The summed E-state index contributed by atoms with van der Waals surface area (Å²) in [7, 11) is 0. The van der Waals surface area contributed by atoms with Gasteiger partial charge in [-0.1, -0.05) is 46.3 Å². The molecule has 1 aromatic heterocycles. The molecule has 2 heterocycles. The molecule has 0 fully saturated rings. The summed E-state index contributed by atoms with van der Waals surface area (Å²) >= 11 is 3.46. The van der Waals surface area contributed by atoms with E-state index in [1.807, 2.05) is 36.5 Å². The molecule has 5 heteroatoms. The maximum atomic E-state index is 12.1. The van der Waals surface area contributed by atoms with Gasteiger partial charge in [-0.15, -0.1) is 0 Å². The number of aromatic amines is 1. The highest BCUT2D eigenvalue weighted by molar-refractivity contribution is 9.10. The first-order valence-electron chi connectivity index (χ1n) is 7.93. The van der Waals surface area contributed by atoms with E-state index in [0.29, 0.717) is 6.54 Å². The molecular weight excluding hydrogens is 368 g/mol. The van der Waals surface area contributed by atoms with E-state index in [0.717, 1.165) is 33.9 Å². The van der Waals surface area contributed by atoms with Crippen LogP contribution in [0.4, 0.5) is 0 Å². The van der Waals surface area contributed by atoms with Gasteiger partial charge in [0.05, 0.1) is 0 Å². The van der Waals surface area contributed by atoms with E-state index in [1.165, 1.54) is 11.1 Å². The quantitative estimate of drug-likeness (QED) is 0.714. The average Bonchev–Trinajstić information content (AvgIpc) is 2.97. The second-order valence-electron chi connectivity index (χ2n) is 6.16. The Morgan fingerprint density at radius 2 is 2.00 bits per heavy atom. The first-order chi connectivity index (χ1) is 11.6. The molecule has 0 aliphatic carbocycles. The van der Waals surface area contributed by atoms with Crippen molar-refractivity contribution in [3.8, 4) is 0 Å². The molecule has 0 saturated heterocycles. The Morgan fingerprint density at radius 1 is 1.21 bits per heavy atom. The maximum Gasteiger partial charge on any atom is 0.325 e. The fourth-order valence-electron chi connectivity index (χ4n) is 3.57. The molecule has 24 heavy (non-hydrogen) atoms. The number of nitrogens with zero attached hydrogens (tertiary/aromatic N) is 1. The second-order valence-corrected chi connectivity index (χ2v) is 7.08. The van der Waals surface area contributed by atoms with Gasteiger partial charge in [0.2, 0.25) is 0 Å². The van der Waals surface area contributed by atoms with Gasteiger partial charge in [0.15, 0.2) is 0 Å². The van der Waals surface area contributed by atoms with Crippen LogP contribution in [0.5, 0.6) is 0 Å². The Balaban J connectivity index is 1.74. The van der Waals surface area contributed by atoms with Gasteiger partial charge in [-0.25, -0.2) is 0 Å². The van der Waals surface area contributed by atoms with Gasteiger partial charge in [0, 0.05) is 40.2 Å². The van der Waals surface area contributed by atoms with E-state index < -0.39 is 12.0 Å². The topological polar surface area (TPSA) is 56.3 Å². The molecule has 1 atom stereocenters. The Bertz CT molecular complexity index is 919. The molecule has 4 nitrogen and oxygen atoms in total. The minimum absolute atomic E-state index is 0.645. The standard InChI is InChI=1S/C19H17BrN2O2/c20-14-5-6-15-16(10-21-17(15)9-14)18(19(23)24)22-8-7-12-3-1-2-4-13(12)11-22/h1-6,9-10,18,21H,7-8,11H2,(H,23,24). The number of carboxylic acid groups (broad SMARTS) is 1. The molecule has 4 rings (SSSR count). The smallest absolute Gasteiger partial charge is 0.325 e. The SMILES string of the molecule is O=C(O)C(c1c[nH]c2cc(Br)ccc12)N1CCc2ccccc2C1. The third kappa shape index (κ3) is 2.64. The van der Waals surface area contributed by atoms with Crippen molar-refractivity contribution in [2.45, 2.75) is 19.0 Å². The predicted octanol–water partition coefficient (Wildman–Crippen LogP) is 4.11. The van der Waals surface area contributed by atoms with Gasteiger partial charge in [-0.3, -0.25) is 9.69 Å². The minimum atomic E-state index is -0.807. The number of nitrogens with one attached hydrogen (secondary N) is 1. The summed E-state index contributed by atoms with van der Waals surface area (Å²) in [4.78, 5) is 17.3. The summed E-state index contributed by atoms with van der Waals surface area (Å²) in [5.41, 5.74) is 4.31. The number of benzene rings is 2. The Hall–Kier alpha value is -2.11. The fourth-order valence-corrected chi connectivity index (χ4v) is 3.93. The van der Waals surface area contributed by atoms with E-state index >= 15 is 0 Å². The van der Waals surface area contributed by atoms with Gasteiger partial charge in [-0.2, -0.15) is 0 Å². The molecule has 1 unspecified atom stereocenters. The lowest BCUT2D eigenvalue weighted by atomic mass is 9.96. The highest BCUT2D eigenvalue weighted by Gasteiger charge is 2.31. The number of aromatic nitrogens is 1. The number of hydrogen-bond donors (Lipinski definition) is 2. The largest absolute Gasteiger partial charge is 0.480 e. The van der Waals surface area contributed by atoms with Crippen LogP contribution in [0.25, 0.3) is 10.9 Å². The Kier molecular flexibility index (Phi) is 3.90. The summed E-state index contributed by atoms with van der Waals surface area (Å²) in [5, 5.41) is 10.9. The molecule has 0 saturated carbocycles.